The second-order valence-electron chi connectivity index (χ2n) is 11.3. The van der Waals surface area contributed by atoms with Gasteiger partial charge in [-0.1, -0.05) is 30.7 Å². The van der Waals surface area contributed by atoms with Crippen molar-refractivity contribution < 1.29 is 42.8 Å². The van der Waals surface area contributed by atoms with Gasteiger partial charge in [0.1, 0.15) is 23.9 Å². The predicted octanol–water partition coefficient (Wildman–Crippen LogP) is 2.33. The summed E-state index contributed by atoms with van der Waals surface area (Å²) in [6.07, 6.45) is 8.23. The lowest BCUT2D eigenvalue weighted by Crippen LogP contribution is -2.66. The van der Waals surface area contributed by atoms with Crippen LogP contribution in [0, 0.1) is 10.8 Å². The maximum Gasteiger partial charge on any atom is 0.338 e. The number of allylic oxidation sites excluding steroid dienone is 3. The van der Waals surface area contributed by atoms with E-state index >= 15 is 0 Å². The molecule has 194 valence electrons. The Morgan fingerprint density at radius 2 is 1.69 bits per heavy atom. The van der Waals surface area contributed by atoms with Gasteiger partial charge in [-0.05, 0) is 26.7 Å². The minimum Gasteiger partial charge on any atom is -0.463 e. The van der Waals surface area contributed by atoms with Crippen molar-refractivity contribution in [2.24, 2.45) is 10.8 Å². The van der Waals surface area contributed by atoms with Gasteiger partial charge in [0, 0.05) is 30.4 Å². The highest BCUT2D eigenvalue weighted by molar-refractivity contribution is 5.84. The topological polar surface area (TPSA) is 113 Å². The summed E-state index contributed by atoms with van der Waals surface area (Å²) in [5.41, 5.74) is -1.36. The van der Waals surface area contributed by atoms with Crippen LogP contribution in [0.2, 0.25) is 0 Å². The van der Waals surface area contributed by atoms with E-state index in [1.807, 2.05) is 6.92 Å². The van der Waals surface area contributed by atoms with E-state index in [2.05, 4.69) is 19.9 Å². The lowest BCUT2D eigenvalue weighted by atomic mass is 9.51. The minimum absolute atomic E-state index is 0.0974. The van der Waals surface area contributed by atoms with Crippen LogP contribution in [0.4, 0.5) is 0 Å². The van der Waals surface area contributed by atoms with Crippen LogP contribution < -0.4 is 0 Å². The number of rotatable bonds is 0. The van der Waals surface area contributed by atoms with Gasteiger partial charge in [-0.15, -0.1) is 0 Å². The van der Waals surface area contributed by atoms with E-state index in [4.69, 9.17) is 28.4 Å². The number of carbonyl (C=O) groups is 3. The first-order valence-electron chi connectivity index (χ1n) is 12.7. The molecule has 2 unspecified atom stereocenters. The van der Waals surface area contributed by atoms with Crippen molar-refractivity contribution in [2.75, 3.05) is 19.8 Å². The van der Waals surface area contributed by atoms with Gasteiger partial charge in [0.05, 0.1) is 30.8 Å². The normalized spacial score (nSPS) is 48.9. The Labute approximate surface area is 209 Å². The van der Waals surface area contributed by atoms with Crippen molar-refractivity contribution in [2.45, 2.75) is 82.1 Å². The van der Waals surface area contributed by atoms with Crippen LogP contribution in [-0.4, -0.2) is 73.3 Å². The molecule has 1 saturated carbocycles. The van der Waals surface area contributed by atoms with Gasteiger partial charge < -0.3 is 28.4 Å². The van der Waals surface area contributed by atoms with Crippen LogP contribution in [0.3, 0.4) is 0 Å². The summed E-state index contributed by atoms with van der Waals surface area (Å²) in [4.78, 5) is 37.8. The maximum absolute atomic E-state index is 13.1. The van der Waals surface area contributed by atoms with Gasteiger partial charge in [-0.2, -0.15) is 0 Å². The summed E-state index contributed by atoms with van der Waals surface area (Å²) in [5.74, 6) is -1.51. The molecule has 0 aromatic heterocycles. The second kappa shape index (κ2) is 8.00. The molecule has 9 heteroatoms. The van der Waals surface area contributed by atoms with E-state index < -0.39 is 52.1 Å². The summed E-state index contributed by atoms with van der Waals surface area (Å²) in [5, 5.41) is 0. The third-order valence-corrected chi connectivity index (χ3v) is 9.47. The molecular weight excluding hydrogens is 468 g/mol. The first kappa shape index (κ1) is 23.9. The highest BCUT2D eigenvalue weighted by atomic mass is 16.7. The molecule has 2 spiro atoms. The molecular formula is C27H32O9. The molecule has 0 radical (unpaired) electrons. The molecule has 9 nitrogen and oxygen atoms in total. The van der Waals surface area contributed by atoms with Crippen LogP contribution in [0.5, 0.6) is 0 Å². The lowest BCUT2D eigenvalue weighted by molar-refractivity contribution is -0.233. The van der Waals surface area contributed by atoms with Gasteiger partial charge in [-0.25, -0.2) is 14.4 Å². The summed E-state index contributed by atoms with van der Waals surface area (Å²) in [6, 6.07) is 0. The summed E-state index contributed by atoms with van der Waals surface area (Å²) in [6.45, 7) is 6.71. The fraction of sp³-hybridized carbons (Fsp3) is 0.667. The molecule has 0 amide bonds. The summed E-state index contributed by atoms with van der Waals surface area (Å²) < 4.78 is 35.6. The zero-order chi connectivity index (χ0) is 25.3. The molecule has 6 rings (SSSR count). The second-order valence-corrected chi connectivity index (χ2v) is 11.3. The Bertz CT molecular complexity index is 1090. The molecule has 0 aromatic carbocycles. The molecule has 0 N–H and O–H groups in total. The quantitative estimate of drug-likeness (QED) is 0.214. The zero-order valence-electron chi connectivity index (χ0n) is 20.8. The van der Waals surface area contributed by atoms with E-state index in [1.165, 1.54) is 29.9 Å². The maximum atomic E-state index is 13.1. The van der Waals surface area contributed by atoms with E-state index in [0.717, 1.165) is 6.42 Å². The monoisotopic (exact) mass is 500 g/mol. The van der Waals surface area contributed by atoms with Gasteiger partial charge in [-0.3, -0.25) is 0 Å². The van der Waals surface area contributed by atoms with Crippen molar-refractivity contribution in [3.63, 3.8) is 0 Å². The third-order valence-electron chi connectivity index (χ3n) is 9.47. The van der Waals surface area contributed by atoms with E-state index in [-0.39, 0.29) is 25.4 Å². The summed E-state index contributed by atoms with van der Waals surface area (Å²) in [7, 11) is 0. The standard InChI is InChI=1S/C27H32O9/c1-16-8-9-26-14-32-23(30)22-24(2,36-22)10-11-31-20(28)6-4-5-7-21(29)35-17-13-19(34-18(26)12-16)27(15-33-27)25(17,26)3/h4-7,12,17-19,22H,8-11,13-15H2,1-3H3/b6-4+,7-5?/t17-,18-,19-,22-,24-,25?,26-,27?/m1/s1. The largest absolute Gasteiger partial charge is 0.463 e. The number of esters is 3. The van der Waals surface area contributed by atoms with Crippen molar-refractivity contribution in [1.82, 2.24) is 0 Å². The number of cyclic esters (lactones) is 2. The Balaban J connectivity index is 1.37. The van der Waals surface area contributed by atoms with Gasteiger partial charge in [0.15, 0.2) is 6.10 Å². The number of fused-ring (bicyclic) bond motifs is 1. The minimum atomic E-state index is -0.739. The van der Waals surface area contributed by atoms with Crippen LogP contribution in [-0.2, 0) is 42.8 Å². The number of carbonyl (C=O) groups excluding carboxylic acids is 3. The third kappa shape index (κ3) is 3.35. The fourth-order valence-corrected chi connectivity index (χ4v) is 6.98. The molecule has 3 saturated heterocycles. The van der Waals surface area contributed by atoms with Crippen LogP contribution in [0.25, 0.3) is 0 Å². The highest BCUT2D eigenvalue weighted by Gasteiger charge is 2.83. The molecule has 2 bridgehead atoms. The SMILES string of the molecule is CC1=C[C@H]2O[C@@H]3C[C@H]4OC(=O)C=C/C=C/C(=O)OCC[C@@]5(C)O[C@@H]5C(=O)OC[C@@]2(CC1)C4(C)C31CO1. The number of hydrogen-bond acceptors (Lipinski definition) is 9. The molecule has 4 fully saturated rings. The number of hydrogen-bond donors (Lipinski definition) is 0. The Morgan fingerprint density at radius 3 is 2.44 bits per heavy atom. The Morgan fingerprint density at radius 1 is 0.944 bits per heavy atom. The zero-order valence-corrected chi connectivity index (χ0v) is 20.8. The molecule has 0 aromatic rings. The van der Waals surface area contributed by atoms with Crippen LogP contribution >= 0.6 is 0 Å². The van der Waals surface area contributed by atoms with Crippen LogP contribution in [0.15, 0.2) is 36.0 Å². The number of epoxide rings is 2. The van der Waals surface area contributed by atoms with E-state index in [0.29, 0.717) is 25.9 Å². The molecule has 4 aliphatic heterocycles. The first-order valence-corrected chi connectivity index (χ1v) is 12.7. The Kier molecular flexibility index (Phi) is 5.31. The van der Waals surface area contributed by atoms with Crippen molar-refractivity contribution >= 4 is 17.9 Å². The van der Waals surface area contributed by atoms with Crippen molar-refractivity contribution in [3.8, 4) is 0 Å². The van der Waals surface area contributed by atoms with Crippen molar-refractivity contribution in [1.29, 1.82) is 0 Å². The average molecular weight is 501 g/mol. The fourth-order valence-electron chi connectivity index (χ4n) is 6.98. The molecule has 8 atom stereocenters. The van der Waals surface area contributed by atoms with Crippen molar-refractivity contribution in [3.05, 3.63) is 36.0 Å². The van der Waals surface area contributed by atoms with Gasteiger partial charge >= 0.3 is 17.9 Å². The smallest absolute Gasteiger partial charge is 0.338 e. The Hall–Kier alpha value is -2.49. The number of ether oxygens (including phenoxy) is 6. The van der Waals surface area contributed by atoms with E-state index in [9.17, 15) is 14.4 Å². The molecule has 4 heterocycles. The van der Waals surface area contributed by atoms with Gasteiger partial charge in [0.25, 0.3) is 0 Å². The molecule has 2 aliphatic carbocycles. The first-order chi connectivity index (χ1) is 17.1. The molecule has 36 heavy (non-hydrogen) atoms. The van der Waals surface area contributed by atoms with E-state index in [1.54, 1.807) is 0 Å². The van der Waals surface area contributed by atoms with Crippen LogP contribution in [0.1, 0.15) is 46.5 Å². The summed E-state index contributed by atoms with van der Waals surface area (Å²) >= 11 is 0. The molecule has 6 aliphatic rings. The predicted molar refractivity (Wildman–Crippen MR) is 123 cm³/mol. The average Bonchev–Trinajstić information content (AvgIpc) is 3.74. The lowest BCUT2D eigenvalue weighted by Gasteiger charge is -2.58. The highest BCUT2D eigenvalue weighted by Crippen LogP contribution is 2.72. The van der Waals surface area contributed by atoms with Gasteiger partial charge in [0.2, 0.25) is 0 Å².